The lowest BCUT2D eigenvalue weighted by Crippen LogP contribution is -1.95. The molecule has 0 N–H and O–H groups in total. The highest BCUT2D eigenvalue weighted by atomic mass is 16.7. The third-order valence-electron chi connectivity index (χ3n) is 1.78. The van der Waals surface area contributed by atoms with E-state index in [1.54, 1.807) is 0 Å². The lowest BCUT2D eigenvalue weighted by atomic mass is 10.1. The maximum Gasteiger partial charge on any atom is 0.155 e. The van der Waals surface area contributed by atoms with Crippen molar-refractivity contribution in [1.82, 2.24) is 0 Å². The van der Waals surface area contributed by atoms with Crippen LogP contribution in [-0.4, -0.2) is 6.61 Å². The Bertz CT molecular complexity index is 260. The second-order valence-electron chi connectivity index (χ2n) is 2.58. The zero-order chi connectivity index (χ0) is 8.81. The average molecular weight is 165 g/mol. The highest BCUT2D eigenvalue weighted by molar-refractivity contribution is 5.25. The molecule has 12 heavy (non-hydrogen) atoms. The van der Waals surface area contributed by atoms with E-state index in [1.165, 1.54) is 11.1 Å². The summed E-state index contributed by atoms with van der Waals surface area (Å²) in [5, 5.41) is 2.33. The molecule has 0 saturated heterocycles. The van der Waals surface area contributed by atoms with Crippen LogP contribution < -0.4 is 0 Å². The first-order chi connectivity index (χ1) is 5.84. The monoisotopic (exact) mass is 165 g/mol. The quantitative estimate of drug-likeness (QED) is 0.390. The van der Waals surface area contributed by atoms with Gasteiger partial charge in [-0.3, -0.25) is 0 Å². The molecule has 1 aromatic rings. The van der Waals surface area contributed by atoms with Gasteiger partial charge in [-0.05, 0) is 18.1 Å². The molecule has 0 amide bonds. The van der Waals surface area contributed by atoms with Crippen molar-refractivity contribution in [3.8, 4) is 0 Å². The van der Waals surface area contributed by atoms with E-state index >= 15 is 0 Å². The van der Waals surface area contributed by atoms with E-state index in [-0.39, 0.29) is 0 Å². The van der Waals surface area contributed by atoms with Crippen molar-refractivity contribution in [1.29, 1.82) is 0 Å². The summed E-state index contributed by atoms with van der Waals surface area (Å²) in [4.78, 5) is 14.0. The smallest absolute Gasteiger partial charge is 0.155 e. The molecule has 0 radical (unpaired) electrons. The van der Waals surface area contributed by atoms with Crippen LogP contribution in [0.5, 0.6) is 0 Å². The first-order valence-electron chi connectivity index (χ1n) is 3.83. The van der Waals surface area contributed by atoms with Crippen molar-refractivity contribution < 1.29 is 4.84 Å². The lowest BCUT2D eigenvalue weighted by molar-refractivity contribution is 0.143. The van der Waals surface area contributed by atoms with Crippen LogP contribution in [0.2, 0.25) is 0 Å². The summed E-state index contributed by atoms with van der Waals surface area (Å²) in [6.45, 7) is 2.39. The van der Waals surface area contributed by atoms with Gasteiger partial charge >= 0.3 is 0 Å². The zero-order valence-electron chi connectivity index (χ0n) is 6.99. The van der Waals surface area contributed by atoms with Gasteiger partial charge in [-0.1, -0.05) is 24.3 Å². The second-order valence-corrected chi connectivity index (χ2v) is 2.58. The number of benzene rings is 1. The van der Waals surface area contributed by atoms with Crippen LogP contribution in [0.4, 0.5) is 0 Å². The second kappa shape index (κ2) is 4.49. The van der Waals surface area contributed by atoms with Crippen LogP contribution in [0, 0.1) is 11.8 Å². The SMILES string of the molecule is Cc1ccccc1CCON=O. The Labute approximate surface area is 71.3 Å². The Hall–Kier alpha value is -1.38. The normalized spacial score (nSPS) is 9.42. The minimum absolute atomic E-state index is 0.356. The molecule has 0 bridgehead atoms. The zero-order valence-corrected chi connectivity index (χ0v) is 6.99. The highest BCUT2D eigenvalue weighted by Gasteiger charge is 1.96. The van der Waals surface area contributed by atoms with E-state index < -0.39 is 0 Å². The van der Waals surface area contributed by atoms with Crippen molar-refractivity contribution in [2.45, 2.75) is 13.3 Å². The summed E-state index contributed by atoms with van der Waals surface area (Å²) in [6, 6.07) is 8.00. The molecule has 0 aliphatic heterocycles. The summed E-state index contributed by atoms with van der Waals surface area (Å²) in [6.07, 6.45) is 0.735. The molecule has 0 saturated carbocycles. The first kappa shape index (κ1) is 8.71. The fraction of sp³-hybridized carbons (Fsp3) is 0.333. The number of hydrogen-bond acceptors (Lipinski definition) is 3. The fourth-order valence-electron chi connectivity index (χ4n) is 1.08. The Balaban J connectivity index is 2.51. The minimum atomic E-state index is 0.356. The third-order valence-corrected chi connectivity index (χ3v) is 1.78. The highest BCUT2D eigenvalue weighted by Crippen LogP contribution is 2.07. The number of hydrogen-bond donors (Lipinski definition) is 0. The maximum absolute atomic E-state index is 9.61. The Morgan fingerprint density at radius 2 is 2.17 bits per heavy atom. The molecule has 0 aliphatic rings. The van der Waals surface area contributed by atoms with Crippen LogP contribution in [0.15, 0.2) is 29.6 Å². The molecule has 0 aromatic heterocycles. The van der Waals surface area contributed by atoms with Gasteiger partial charge < -0.3 is 4.84 Å². The first-order valence-corrected chi connectivity index (χ1v) is 3.83. The molecule has 64 valence electrons. The van der Waals surface area contributed by atoms with Gasteiger partial charge in [-0.15, -0.1) is 4.91 Å². The van der Waals surface area contributed by atoms with Gasteiger partial charge in [0.1, 0.15) is 6.61 Å². The molecule has 0 atom stereocenters. The molecule has 3 nitrogen and oxygen atoms in total. The van der Waals surface area contributed by atoms with Crippen LogP contribution in [0.25, 0.3) is 0 Å². The molecule has 1 aromatic carbocycles. The van der Waals surface area contributed by atoms with Crippen LogP contribution >= 0.6 is 0 Å². The predicted molar refractivity (Wildman–Crippen MR) is 46.6 cm³/mol. The van der Waals surface area contributed by atoms with E-state index in [1.807, 2.05) is 31.2 Å². The van der Waals surface area contributed by atoms with E-state index in [4.69, 9.17) is 0 Å². The Morgan fingerprint density at radius 3 is 2.83 bits per heavy atom. The minimum Gasteiger partial charge on any atom is -0.364 e. The van der Waals surface area contributed by atoms with E-state index in [0.29, 0.717) is 6.61 Å². The van der Waals surface area contributed by atoms with Crippen LogP contribution in [0.3, 0.4) is 0 Å². The number of aryl methyl sites for hydroxylation is 1. The summed E-state index contributed by atoms with van der Waals surface area (Å²) in [5.41, 5.74) is 2.41. The van der Waals surface area contributed by atoms with Crippen LogP contribution in [-0.2, 0) is 11.3 Å². The average Bonchev–Trinajstić information content (AvgIpc) is 2.09. The lowest BCUT2D eigenvalue weighted by Gasteiger charge is -2.02. The van der Waals surface area contributed by atoms with E-state index in [2.05, 4.69) is 10.2 Å². The Kier molecular flexibility index (Phi) is 3.26. The third kappa shape index (κ3) is 2.34. The predicted octanol–water partition coefficient (Wildman–Crippen LogP) is 2.24. The van der Waals surface area contributed by atoms with E-state index in [0.717, 1.165) is 6.42 Å². The molecule has 3 heteroatoms. The largest absolute Gasteiger partial charge is 0.364 e. The van der Waals surface area contributed by atoms with Gasteiger partial charge in [-0.25, -0.2) is 0 Å². The van der Waals surface area contributed by atoms with Gasteiger partial charge in [0, 0.05) is 6.42 Å². The molecule has 0 fully saturated rings. The molecule has 0 heterocycles. The maximum atomic E-state index is 9.61. The van der Waals surface area contributed by atoms with Gasteiger partial charge in [0.05, 0.1) is 0 Å². The van der Waals surface area contributed by atoms with E-state index in [9.17, 15) is 4.91 Å². The van der Waals surface area contributed by atoms with Crippen molar-refractivity contribution in [3.05, 3.63) is 40.3 Å². The van der Waals surface area contributed by atoms with Crippen molar-refractivity contribution in [2.75, 3.05) is 6.61 Å². The molecule has 1 rings (SSSR count). The Morgan fingerprint density at radius 1 is 1.42 bits per heavy atom. The van der Waals surface area contributed by atoms with Crippen molar-refractivity contribution in [3.63, 3.8) is 0 Å². The molecule has 0 unspecified atom stereocenters. The van der Waals surface area contributed by atoms with Crippen molar-refractivity contribution >= 4 is 0 Å². The number of rotatable bonds is 4. The fourth-order valence-corrected chi connectivity index (χ4v) is 1.08. The van der Waals surface area contributed by atoms with Gasteiger partial charge in [-0.2, -0.15) is 0 Å². The summed E-state index contributed by atoms with van der Waals surface area (Å²) >= 11 is 0. The van der Waals surface area contributed by atoms with Crippen LogP contribution in [0.1, 0.15) is 11.1 Å². The van der Waals surface area contributed by atoms with Gasteiger partial charge in [0.15, 0.2) is 5.34 Å². The molecule has 0 spiro atoms. The standard InChI is InChI=1S/C9H11NO2/c1-8-4-2-3-5-9(8)6-7-12-10-11/h2-5H,6-7H2,1H3. The summed E-state index contributed by atoms with van der Waals surface area (Å²) in [5.74, 6) is 0. The summed E-state index contributed by atoms with van der Waals surface area (Å²) < 4.78 is 0. The molecular formula is C9H11NO2. The molecule has 0 aliphatic carbocycles. The molecular weight excluding hydrogens is 154 g/mol. The van der Waals surface area contributed by atoms with Gasteiger partial charge in [0.2, 0.25) is 0 Å². The van der Waals surface area contributed by atoms with Gasteiger partial charge in [0.25, 0.3) is 0 Å². The summed E-state index contributed by atoms with van der Waals surface area (Å²) in [7, 11) is 0. The topological polar surface area (TPSA) is 38.7 Å². The van der Waals surface area contributed by atoms with Crippen molar-refractivity contribution in [2.24, 2.45) is 5.34 Å². The number of nitrogens with zero attached hydrogens (tertiary/aromatic N) is 1.